The van der Waals surface area contributed by atoms with Gasteiger partial charge in [0.2, 0.25) is 5.56 Å². The summed E-state index contributed by atoms with van der Waals surface area (Å²) in [7, 11) is 1.61. The second kappa shape index (κ2) is 10.4. The normalized spacial score (nSPS) is 12.4. The van der Waals surface area contributed by atoms with Crippen LogP contribution in [-0.4, -0.2) is 26.6 Å². The highest BCUT2D eigenvalue weighted by Gasteiger charge is 2.22. The van der Waals surface area contributed by atoms with Gasteiger partial charge in [-0.15, -0.1) is 0 Å². The molecule has 6 nitrogen and oxygen atoms in total. The van der Waals surface area contributed by atoms with Crippen LogP contribution in [0.1, 0.15) is 45.0 Å². The summed E-state index contributed by atoms with van der Waals surface area (Å²) in [6.07, 6.45) is 1.78. The first-order chi connectivity index (χ1) is 17.3. The Morgan fingerprint density at radius 2 is 1.56 bits per heavy atom. The zero-order valence-electron chi connectivity index (χ0n) is 19.9. The summed E-state index contributed by atoms with van der Waals surface area (Å²) in [6, 6.07) is 22.2. The Morgan fingerprint density at radius 1 is 0.944 bits per heavy atom. The third-order valence-electron chi connectivity index (χ3n) is 6.25. The summed E-state index contributed by atoms with van der Waals surface area (Å²) >= 11 is 0. The Balaban J connectivity index is 1.72. The minimum Gasteiger partial charge on any atom is -0.478 e. The van der Waals surface area contributed by atoms with E-state index in [2.05, 4.69) is 5.16 Å². The third-order valence-corrected chi connectivity index (χ3v) is 6.25. The molecule has 0 aliphatic rings. The maximum atomic E-state index is 15.1. The van der Waals surface area contributed by atoms with E-state index in [0.717, 1.165) is 22.3 Å². The number of benzene rings is 3. The second-order valence-electron chi connectivity index (χ2n) is 8.70. The van der Waals surface area contributed by atoms with Crippen molar-refractivity contribution in [2.24, 2.45) is 12.2 Å². The molecule has 4 rings (SSSR count). The number of rotatable bonds is 7. The van der Waals surface area contributed by atoms with Crippen molar-refractivity contribution >= 4 is 11.7 Å². The van der Waals surface area contributed by atoms with E-state index < -0.39 is 11.9 Å². The number of hydrogen-bond acceptors (Lipinski definition) is 4. The highest BCUT2D eigenvalue weighted by molar-refractivity contribution is 6.00. The van der Waals surface area contributed by atoms with Gasteiger partial charge in [-0.25, -0.2) is 9.18 Å². The molecule has 0 fully saturated rings. The maximum Gasteiger partial charge on any atom is 0.335 e. The Kier molecular flexibility index (Phi) is 7.10. The van der Waals surface area contributed by atoms with Gasteiger partial charge in [-0.3, -0.25) is 4.79 Å². The third kappa shape index (κ3) is 5.25. The summed E-state index contributed by atoms with van der Waals surface area (Å²) in [5.74, 6) is -1.80. The first-order valence-electron chi connectivity index (χ1n) is 11.3. The van der Waals surface area contributed by atoms with Crippen molar-refractivity contribution in [2.75, 3.05) is 0 Å². The SMILES string of the molecule is Cc1ccc(C(CC(=NO)c2ccc(=O)n(C)c2)c2ccc(-c3ccc(C(=O)O)cc3)cc2)c(F)c1. The molecule has 1 heterocycles. The van der Waals surface area contributed by atoms with Crippen LogP contribution in [0.3, 0.4) is 0 Å². The lowest BCUT2D eigenvalue weighted by Crippen LogP contribution is -2.18. The molecule has 0 aliphatic carbocycles. The lowest BCUT2D eigenvalue weighted by molar-refractivity contribution is 0.0697. The van der Waals surface area contributed by atoms with Gasteiger partial charge >= 0.3 is 5.97 Å². The quantitative estimate of drug-likeness (QED) is 0.203. The molecular formula is C29H25FN2O4. The monoisotopic (exact) mass is 484 g/mol. The molecule has 0 bridgehead atoms. The molecule has 1 aromatic heterocycles. The van der Waals surface area contributed by atoms with Crippen molar-refractivity contribution < 1.29 is 19.5 Å². The van der Waals surface area contributed by atoms with Gasteiger partial charge in [-0.2, -0.15) is 0 Å². The fourth-order valence-electron chi connectivity index (χ4n) is 4.21. The molecule has 1 unspecified atom stereocenters. The van der Waals surface area contributed by atoms with E-state index in [-0.39, 0.29) is 23.4 Å². The number of aryl methyl sites for hydroxylation is 2. The van der Waals surface area contributed by atoms with Crippen molar-refractivity contribution in [2.45, 2.75) is 19.3 Å². The minimum atomic E-state index is -0.986. The molecule has 0 saturated carbocycles. The Labute approximate surface area is 207 Å². The highest BCUT2D eigenvalue weighted by atomic mass is 19.1. The van der Waals surface area contributed by atoms with Crippen LogP contribution < -0.4 is 5.56 Å². The van der Waals surface area contributed by atoms with Gasteiger partial charge in [0.1, 0.15) is 5.82 Å². The second-order valence-corrected chi connectivity index (χ2v) is 8.70. The molecular weight excluding hydrogens is 459 g/mol. The molecule has 2 N–H and O–H groups in total. The van der Waals surface area contributed by atoms with E-state index in [4.69, 9.17) is 5.11 Å². The molecule has 1 atom stereocenters. The van der Waals surface area contributed by atoms with Crippen LogP contribution in [0.5, 0.6) is 0 Å². The van der Waals surface area contributed by atoms with Crippen LogP contribution >= 0.6 is 0 Å². The topological polar surface area (TPSA) is 91.9 Å². The largest absolute Gasteiger partial charge is 0.478 e. The van der Waals surface area contributed by atoms with Crippen LogP contribution in [0.4, 0.5) is 4.39 Å². The van der Waals surface area contributed by atoms with Crippen molar-refractivity contribution in [1.82, 2.24) is 4.57 Å². The van der Waals surface area contributed by atoms with E-state index >= 15 is 4.39 Å². The molecule has 4 aromatic rings. The van der Waals surface area contributed by atoms with Crippen LogP contribution in [0.25, 0.3) is 11.1 Å². The van der Waals surface area contributed by atoms with Crippen LogP contribution in [-0.2, 0) is 7.05 Å². The molecule has 0 radical (unpaired) electrons. The van der Waals surface area contributed by atoms with E-state index in [1.807, 2.05) is 37.3 Å². The van der Waals surface area contributed by atoms with Crippen LogP contribution in [0.2, 0.25) is 0 Å². The zero-order valence-corrected chi connectivity index (χ0v) is 19.9. The predicted molar refractivity (Wildman–Crippen MR) is 136 cm³/mol. The molecule has 3 aromatic carbocycles. The molecule has 7 heteroatoms. The molecule has 0 spiro atoms. The zero-order chi connectivity index (χ0) is 25.8. The van der Waals surface area contributed by atoms with Crippen molar-refractivity contribution in [3.63, 3.8) is 0 Å². The number of hydrogen-bond donors (Lipinski definition) is 2. The molecule has 0 aliphatic heterocycles. The number of aromatic carboxylic acids is 1. The average Bonchev–Trinajstić information content (AvgIpc) is 2.87. The fraction of sp³-hybridized carbons (Fsp3) is 0.138. The fourth-order valence-corrected chi connectivity index (χ4v) is 4.21. The van der Waals surface area contributed by atoms with Gasteiger partial charge in [0.25, 0.3) is 0 Å². The average molecular weight is 485 g/mol. The summed E-state index contributed by atoms with van der Waals surface area (Å²) in [6.45, 7) is 1.82. The van der Waals surface area contributed by atoms with E-state index in [1.54, 1.807) is 49.6 Å². The Hall–Kier alpha value is -4.52. The van der Waals surface area contributed by atoms with Gasteiger partial charge in [0.05, 0.1) is 11.3 Å². The first-order valence-corrected chi connectivity index (χ1v) is 11.3. The molecule has 0 amide bonds. The summed E-state index contributed by atoms with van der Waals surface area (Å²) in [5, 5.41) is 22.4. The van der Waals surface area contributed by atoms with Gasteiger partial charge in [0.15, 0.2) is 0 Å². The van der Waals surface area contributed by atoms with E-state index in [9.17, 15) is 14.8 Å². The lowest BCUT2D eigenvalue weighted by atomic mass is 9.84. The van der Waals surface area contributed by atoms with Crippen molar-refractivity contribution in [3.8, 4) is 11.1 Å². The smallest absolute Gasteiger partial charge is 0.335 e. The number of halogens is 1. The number of carboxylic acid groups (broad SMARTS) is 1. The summed E-state index contributed by atoms with van der Waals surface area (Å²) in [4.78, 5) is 22.9. The molecule has 182 valence electrons. The number of pyridine rings is 1. The van der Waals surface area contributed by atoms with Gasteiger partial charge < -0.3 is 14.9 Å². The lowest BCUT2D eigenvalue weighted by Gasteiger charge is -2.20. The van der Waals surface area contributed by atoms with Crippen molar-refractivity contribution in [1.29, 1.82) is 0 Å². The minimum absolute atomic E-state index is 0.191. The standard InChI is InChI=1S/C29H25FN2O4/c1-18-3-13-24(26(30)15-18)25(16-27(31-36)23-12-14-28(33)32(2)17-23)21-8-4-19(5-9-21)20-6-10-22(11-7-20)29(34)35/h3-15,17,25,36H,16H2,1-2H3,(H,34,35). The highest BCUT2D eigenvalue weighted by Crippen LogP contribution is 2.33. The molecule has 36 heavy (non-hydrogen) atoms. The van der Waals surface area contributed by atoms with Gasteiger partial charge in [-0.05, 0) is 59.0 Å². The number of carbonyl (C=O) groups is 1. The Morgan fingerprint density at radius 3 is 2.11 bits per heavy atom. The number of carboxylic acids is 1. The number of aromatic nitrogens is 1. The number of oxime groups is 1. The van der Waals surface area contributed by atoms with E-state index in [0.29, 0.717) is 16.8 Å². The number of nitrogens with zero attached hydrogens (tertiary/aromatic N) is 2. The van der Waals surface area contributed by atoms with Gasteiger partial charge in [0, 0.05) is 37.2 Å². The van der Waals surface area contributed by atoms with E-state index in [1.165, 1.54) is 16.7 Å². The first kappa shape index (κ1) is 24.6. The van der Waals surface area contributed by atoms with Crippen LogP contribution in [0.15, 0.2) is 95.0 Å². The maximum absolute atomic E-state index is 15.1. The van der Waals surface area contributed by atoms with Gasteiger partial charge in [-0.1, -0.05) is 53.7 Å². The summed E-state index contributed by atoms with van der Waals surface area (Å²) in [5.41, 5.74) is 4.71. The molecule has 0 saturated heterocycles. The summed E-state index contributed by atoms with van der Waals surface area (Å²) < 4.78 is 16.5. The van der Waals surface area contributed by atoms with Crippen molar-refractivity contribution in [3.05, 3.63) is 129 Å². The van der Waals surface area contributed by atoms with Crippen LogP contribution in [0, 0.1) is 12.7 Å². The predicted octanol–water partition coefficient (Wildman–Crippen LogP) is 5.60. The Bertz CT molecular complexity index is 1490.